The second-order valence-electron chi connectivity index (χ2n) is 9.11. The molecule has 0 spiro atoms. The number of pyridine rings is 1. The number of imide groups is 1. The van der Waals surface area contributed by atoms with Gasteiger partial charge in [-0.1, -0.05) is 23.7 Å². The molecule has 0 N–H and O–H groups in total. The summed E-state index contributed by atoms with van der Waals surface area (Å²) < 4.78 is 20.2. The quantitative estimate of drug-likeness (QED) is 0.189. The van der Waals surface area contributed by atoms with Crippen molar-refractivity contribution in [3.8, 4) is 22.9 Å². The molecule has 0 bridgehead atoms. The van der Waals surface area contributed by atoms with Gasteiger partial charge in [-0.15, -0.1) is 0 Å². The predicted octanol–water partition coefficient (Wildman–Crippen LogP) is 4.98. The first kappa shape index (κ1) is 25.9. The number of amides is 3. The lowest BCUT2D eigenvalue weighted by Gasteiger charge is -2.27. The van der Waals surface area contributed by atoms with E-state index in [9.17, 15) is 24.4 Å². The number of urea groups is 1. The second-order valence-corrected chi connectivity index (χ2v) is 9.49. The smallest absolute Gasteiger partial charge is 0.332 e. The fourth-order valence-corrected chi connectivity index (χ4v) is 4.46. The standard InChI is InChI=1S/C27H24ClFN4O4/c1-17-23(10-7-19(15-30)24(17)28)33-25(34)27(2,3)32(26(33)35)12-4-14-37-20-8-5-18(6-9-20)21-11-13-31(36)16-22(21)29/h5-11,13,16H,4,12,14H2,1-3H3. The molecule has 2 aromatic carbocycles. The van der Waals surface area contributed by atoms with Gasteiger partial charge in [0.25, 0.3) is 5.91 Å². The summed E-state index contributed by atoms with van der Waals surface area (Å²) in [6.45, 7) is 5.60. The molecule has 0 saturated carbocycles. The number of aromatic nitrogens is 1. The third kappa shape index (κ3) is 4.80. The SMILES string of the molecule is Cc1c(N2C(=O)N(CCCOc3ccc(-c4cc[n+]([O-])cc4F)cc3)C(C)(C)C2=O)ccc(C#N)c1Cl. The van der Waals surface area contributed by atoms with E-state index in [0.717, 1.165) is 11.1 Å². The first-order chi connectivity index (χ1) is 17.6. The number of halogens is 2. The molecule has 1 saturated heterocycles. The van der Waals surface area contributed by atoms with Gasteiger partial charge >= 0.3 is 6.03 Å². The maximum absolute atomic E-state index is 14.0. The Kier molecular flexibility index (Phi) is 7.05. The normalized spacial score (nSPS) is 14.7. The molecule has 1 aliphatic rings. The van der Waals surface area contributed by atoms with Gasteiger partial charge in [0.15, 0.2) is 12.0 Å². The average Bonchev–Trinajstić information content (AvgIpc) is 3.03. The molecule has 37 heavy (non-hydrogen) atoms. The van der Waals surface area contributed by atoms with Crippen LogP contribution in [0.4, 0.5) is 14.9 Å². The molecule has 3 amide bonds. The van der Waals surface area contributed by atoms with Gasteiger partial charge in [0, 0.05) is 18.2 Å². The fourth-order valence-electron chi connectivity index (χ4n) is 4.26. The molecule has 4 rings (SSSR count). The summed E-state index contributed by atoms with van der Waals surface area (Å²) in [6, 6.07) is 12.8. The van der Waals surface area contributed by atoms with E-state index in [1.165, 1.54) is 23.2 Å². The summed E-state index contributed by atoms with van der Waals surface area (Å²) in [5.74, 6) is -0.439. The van der Waals surface area contributed by atoms with Crippen molar-refractivity contribution >= 4 is 29.2 Å². The Labute approximate surface area is 218 Å². The van der Waals surface area contributed by atoms with Crippen LogP contribution in [0.3, 0.4) is 0 Å². The van der Waals surface area contributed by atoms with Crippen molar-refractivity contribution < 1.29 is 23.4 Å². The van der Waals surface area contributed by atoms with Gasteiger partial charge in [-0.3, -0.25) is 4.79 Å². The summed E-state index contributed by atoms with van der Waals surface area (Å²) in [7, 11) is 0. The molecular weight excluding hydrogens is 499 g/mol. The topological polar surface area (TPSA) is 101 Å². The fraction of sp³-hybridized carbons (Fsp3) is 0.259. The van der Waals surface area contributed by atoms with Crippen molar-refractivity contribution in [3.05, 3.63) is 82.0 Å². The van der Waals surface area contributed by atoms with Crippen LogP contribution in [0.25, 0.3) is 11.1 Å². The van der Waals surface area contributed by atoms with Crippen molar-refractivity contribution in [1.82, 2.24) is 4.90 Å². The highest BCUT2D eigenvalue weighted by Crippen LogP contribution is 2.37. The molecule has 1 aliphatic heterocycles. The number of benzene rings is 2. The third-order valence-corrected chi connectivity index (χ3v) is 6.88. The third-order valence-electron chi connectivity index (χ3n) is 6.39. The summed E-state index contributed by atoms with van der Waals surface area (Å²) in [6.07, 6.45) is 2.55. The zero-order valence-corrected chi connectivity index (χ0v) is 21.3. The Morgan fingerprint density at radius 1 is 1.16 bits per heavy atom. The minimum atomic E-state index is -1.08. The van der Waals surface area contributed by atoms with Crippen LogP contribution in [-0.2, 0) is 4.79 Å². The number of ether oxygens (including phenoxy) is 1. The molecule has 3 aromatic rings. The molecule has 10 heteroatoms. The number of carbonyl (C=O) groups is 2. The van der Waals surface area contributed by atoms with Gasteiger partial charge in [-0.25, -0.2) is 9.69 Å². The first-order valence-electron chi connectivity index (χ1n) is 11.5. The van der Waals surface area contributed by atoms with Gasteiger partial charge in [0.05, 0.1) is 22.9 Å². The van der Waals surface area contributed by atoms with E-state index in [-0.39, 0.29) is 29.6 Å². The minimum absolute atomic E-state index is 0.209. The van der Waals surface area contributed by atoms with Crippen LogP contribution in [0.15, 0.2) is 54.9 Å². The Morgan fingerprint density at radius 3 is 2.51 bits per heavy atom. The van der Waals surface area contributed by atoms with Crippen LogP contribution in [-0.4, -0.2) is 35.5 Å². The van der Waals surface area contributed by atoms with E-state index in [0.29, 0.717) is 39.3 Å². The maximum Gasteiger partial charge on any atom is 0.332 e. The molecule has 0 aliphatic carbocycles. The van der Waals surface area contributed by atoms with Crippen molar-refractivity contribution in [2.75, 3.05) is 18.1 Å². The van der Waals surface area contributed by atoms with Crippen LogP contribution in [0.1, 0.15) is 31.4 Å². The lowest BCUT2D eigenvalue weighted by atomic mass is 10.0. The lowest BCUT2D eigenvalue weighted by Crippen LogP contribution is -2.44. The van der Waals surface area contributed by atoms with E-state index in [2.05, 4.69) is 0 Å². The predicted molar refractivity (Wildman–Crippen MR) is 135 cm³/mol. The van der Waals surface area contributed by atoms with Crippen molar-refractivity contribution in [2.24, 2.45) is 0 Å². The van der Waals surface area contributed by atoms with Crippen LogP contribution in [0.5, 0.6) is 5.75 Å². The largest absolute Gasteiger partial charge is 0.619 e. The van der Waals surface area contributed by atoms with E-state index in [4.69, 9.17) is 16.3 Å². The zero-order chi connectivity index (χ0) is 26.9. The molecule has 0 atom stereocenters. The van der Waals surface area contributed by atoms with Gasteiger partial charge in [0.1, 0.15) is 17.4 Å². The van der Waals surface area contributed by atoms with Crippen molar-refractivity contribution in [1.29, 1.82) is 5.26 Å². The van der Waals surface area contributed by atoms with Crippen molar-refractivity contribution in [2.45, 2.75) is 32.7 Å². The highest BCUT2D eigenvalue weighted by molar-refractivity contribution is 6.33. The van der Waals surface area contributed by atoms with Gasteiger partial charge in [-0.2, -0.15) is 14.4 Å². The van der Waals surface area contributed by atoms with E-state index >= 15 is 0 Å². The molecule has 0 radical (unpaired) electrons. The van der Waals surface area contributed by atoms with Crippen LogP contribution in [0, 0.1) is 29.3 Å². The first-order valence-corrected chi connectivity index (χ1v) is 11.9. The number of nitrogens with zero attached hydrogens (tertiary/aromatic N) is 4. The maximum atomic E-state index is 14.0. The summed E-state index contributed by atoms with van der Waals surface area (Å²) in [4.78, 5) is 29.1. The molecular formula is C27H24ClFN4O4. The Bertz CT molecular complexity index is 1420. The summed E-state index contributed by atoms with van der Waals surface area (Å²) >= 11 is 6.26. The van der Waals surface area contributed by atoms with E-state index < -0.39 is 17.4 Å². The lowest BCUT2D eigenvalue weighted by molar-refractivity contribution is -0.607. The number of anilines is 1. The van der Waals surface area contributed by atoms with Crippen molar-refractivity contribution in [3.63, 3.8) is 0 Å². The molecule has 2 heterocycles. The Hall–Kier alpha value is -4.16. The highest BCUT2D eigenvalue weighted by atomic mass is 35.5. The molecule has 1 fully saturated rings. The number of hydrogen-bond donors (Lipinski definition) is 0. The van der Waals surface area contributed by atoms with E-state index in [1.807, 2.05) is 6.07 Å². The minimum Gasteiger partial charge on any atom is -0.619 e. The molecule has 1 aromatic heterocycles. The van der Waals surface area contributed by atoms with Gasteiger partial charge < -0.3 is 14.8 Å². The molecule has 0 unspecified atom stereocenters. The van der Waals surface area contributed by atoms with Crippen LogP contribution >= 0.6 is 11.6 Å². The van der Waals surface area contributed by atoms with Crippen LogP contribution < -0.4 is 14.4 Å². The number of carbonyl (C=O) groups excluding carboxylic acids is 2. The van der Waals surface area contributed by atoms with E-state index in [1.54, 1.807) is 51.1 Å². The zero-order valence-electron chi connectivity index (χ0n) is 20.5. The second kappa shape index (κ2) is 10.1. The Balaban J connectivity index is 1.40. The Morgan fingerprint density at radius 2 is 1.86 bits per heavy atom. The summed E-state index contributed by atoms with van der Waals surface area (Å²) in [5, 5.41) is 20.6. The summed E-state index contributed by atoms with van der Waals surface area (Å²) in [5.41, 5.74) is 0.939. The number of nitriles is 1. The van der Waals surface area contributed by atoms with Gasteiger partial charge in [0.2, 0.25) is 6.20 Å². The van der Waals surface area contributed by atoms with Crippen LogP contribution in [0.2, 0.25) is 5.02 Å². The number of rotatable bonds is 7. The van der Waals surface area contributed by atoms with Gasteiger partial charge in [-0.05, 0) is 62.6 Å². The molecule has 190 valence electrons. The average molecular weight is 523 g/mol. The molecule has 8 nitrogen and oxygen atoms in total. The highest BCUT2D eigenvalue weighted by Gasteiger charge is 2.51. The number of hydrogen-bond acceptors (Lipinski definition) is 5. The monoisotopic (exact) mass is 522 g/mol.